The topological polar surface area (TPSA) is 69.4 Å². The van der Waals surface area contributed by atoms with Gasteiger partial charge in [-0.2, -0.15) is 0 Å². The summed E-state index contributed by atoms with van der Waals surface area (Å²) in [5, 5.41) is 11.0. The maximum atomic E-state index is 11.7. The van der Waals surface area contributed by atoms with E-state index in [-0.39, 0.29) is 4.92 Å². The molecule has 0 saturated heterocycles. The van der Waals surface area contributed by atoms with Gasteiger partial charge in [0.25, 0.3) is 0 Å². The quantitative estimate of drug-likeness (QED) is 0.466. The molecule has 1 aromatic rings. The van der Waals surface area contributed by atoms with Crippen LogP contribution in [0, 0.1) is 23.0 Å². The zero-order valence-corrected chi connectivity index (χ0v) is 11.6. The Kier molecular flexibility index (Phi) is 5.03. The van der Waals surface area contributed by atoms with Crippen LogP contribution < -0.4 is 0 Å². The normalized spacial score (nSPS) is 15.4. The summed E-state index contributed by atoms with van der Waals surface area (Å²) < 4.78 is 4.71. The first-order chi connectivity index (χ1) is 8.88. The lowest BCUT2D eigenvalue weighted by molar-refractivity contribution is -0.523. The zero-order valence-electron chi connectivity index (χ0n) is 11.6. The third kappa shape index (κ3) is 3.53. The van der Waals surface area contributed by atoms with Gasteiger partial charge in [-0.15, -0.1) is 0 Å². The van der Waals surface area contributed by atoms with Crippen LogP contribution in [0.3, 0.4) is 0 Å². The molecular formula is C14H19NO4. The van der Waals surface area contributed by atoms with Gasteiger partial charge in [-0.05, 0) is 12.5 Å². The molecule has 5 nitrogen and oxygen atoms in total. The summed E-state index contributed by atoms with van der Waals surface area (Å²) in [6.07, 6.45) is 0. The standard InChI is InChI=1S/C14H19NO4/c1-9-5-7-12(8-6-9)13(11(3)15(17)18)10(2)14(16)19-4/h5-8,10-11,13H,1-4H3/t10?,11?,13-/m0/s1. The lowest BCUT2D eigenvalue weighted by atomic mass is 9.82. The molecule has 3 atom stereocenters. The second kappa shape index (κ2) is 6.31. The smallest absolute Gasteiger partial charge is 0.309 e. The summed E-state index contributed by atoms with van der Waals surface area (Å²) >= 11 is 0. The number of carbonyl (C=O) groups excluding carboxylic acids is 1. The summed E-state index contributed by atoms with van der Waals surface area (Å²) in [5.74, 6) is -1.49. The van der Waals surface area contributed by atoms with Crippen LogP contribution in [0.15, 0.2) is 24.3 Å². The molecule has 0 aliphatic heterocycles. The van der Waals surface area contributed by atoms with Gasteiger partial charge in [-0.1, -0.05) is 36.8 Å². The van der Waals surface area contributed by atoms with Gasteiger partial charge < -0.3 is 4.74 Å². The van der Waals surface area contributed by atoms with Crippen molar-refractivity contribution in [2.24, 2.45) is 5.92 Å². The number of hydrogen-bond acceptors (Lipinski definition) is 4. The second-order valence-corrected chi connectivity index (χ2v) is 4.77. The molecular weight excluding hydrogens is 246 g/mol. The molecule has 0 amide bonds. The molecule has 2 unspecified atom stereocenters. The van der Waals surface area contributed by atoms with E-state index in [1.807, 2.05) is 31.2 Å². The molecule has 1 aromatic carbocycles. The molecule has 0 heterocycles. The van der Waals surface area contributed by atoms with E-state index in [9.17, 15) is 14.9 Å². The Hall–Kier alpha value is -1.91. The van der Waals surface area contributed by atoms with E-state index >= 15 is 0 Å². The fourth-order valence-electron chi connectivity index (χ4n) is 2.24. The summed E-state index contributed by atoms with van der Waals surface area (Å²) in [6, 6.07) is 6.59. The van der Waals surface area contributed by atoms with Gasteiger partial charge in [0, 0.05) is 11.8 Å². The summed E-state index contributed by atoms with van der Waals surface area (Å²) in [5.41, 5.74) is 1.86. The van der Waals surface area contributed by atoms with Gasteiger partial charge in [-0.3, -0.25) is 14.9 Å². The first kappa shape index (κ1) is 15.1. The number of ether oxygens (including phenoxy) is 1. The summed E-state index contributed by atoms with van der Waals surface area (Å²) in [4.78, 5) is 22.4. The van der Waals surface area contributed by atoms with Gasteiger partial charge in [0.1, 0.15) is 0 Å². The Morgan fingerprint density at radius 1 is 1.26 bits per heavy atom. The minimum Gasteiger partial charge on any atom is -0.469 e. The molecule has 1 rings (SSSR count). The van der Waals surface area contributed by atoms with Crippen molar-refractivity contribution in [1.82, 2.24) is 0 Å². The molecule has 0 saturated carbocycles. The molecule has 0 bridgehead atoms. The van der Waals surface area contributed by atoms with Crippen LogP contribution >= 0.6 is 0 Å². The molecule has 0 aliphatic carbocycles. The lowest BCUT2D eigenvalue weighted by Gasteiger charge is -2.23. The fraction of sp³-hybridized carbons (Fsp3) is 0.500. The minimum atomic E-state index is -0.850. The largest absolute Gasteiger partial charge is 0.469 e. The van der Waals surface area contributed by atoms with Gasteiger partial charge in [0.2, 0.25) is 6.04 Å². The number of carbonyl (C=O) groups is 1. The third-order valence-electron chi connectivity index (χ3n) is 3.43. The van der Waals surface area contributed by atoms with Crippen LogP contribution in [0.4, 0.5) is 0 Å². The van der Waals surface area contributed by atoms with Crippen LogP contribution in [0.1, 0.15) is 30.9 Å². The maximum Gasteiger partial charge on any atom is 0.309 e. The van der Waals surface area contributed by atoms with Crippen LogP contribution in [0.25, 0.3) is 0 Å². The number of hydrogen-bond donors (Lipinski definition) is 0. The molecule has 0 aliphatic rings. The van der Waals surface area contributed by atoms with Gasteiger partial charge in [-0.25, -0.2) is 0 Å². The van der Waals surface area contributed by atoms with Gasteiger partial charge in [0.15, 0.2) is 0 Å². The highest BCUT2D eigenvalue weighted by Crippen LogP contribution is 2.30. The maximum absolute atomic E-state index is 11.7. The average Bonchev–Trinajstić information content (AvgIpc) is 2.39. The highest BCUT2D eigenvalue weighted by atomic mass is 16.6. The molecule has 0 N–H and O–H groups in total. The lowest BCUT2D eigenvalue weighted by Crippen LogP contribution is -2.33. The van der Waals surface area contributed by atoms with Crippen molar-refractivity contribution in [3.8, 4) is 0 Å². The Morgan fingerprint density at radius 3 is 2.21 bits per heavy atom. The van der Waals surface area contributed by atoms with Crippen molar-refractivity contribution < 1.29 is 14.5 Å². The number of aryl methyl sites for hydroxylation is 1. The van der Waals surface area contributed by atoms with E-state index in [1.54, 1.807) is 6.92 Å². The van der Waals surface area contributed by atoms with E-state index in [1.165, 1.54) is 14.0 Å². The van der Waals surface area contributed by atoms with Crippen LogP contribution in [-0.2, 0) is 9.53 Å². The fourth-order valence-corrected chi connectivity index (χ4v) is 2.24. The Bertz CT molecular complexity index is 455. The summed E-state index contributed by atoms with van der Waals surface area (Å²) in [6.45, 7) is 5.12. The number of rotatable bonds is 5. The van der Waals surface area contributed by atoms with E-state index in [4.69, 9.17) is 4.74 Å². The SMILES string of the molecule is COC(=O)C(C)[C@H](c1ccc(C)cc1)C(C)[N+](=O)[O-]. The van der Waals surface area contributed by atoms with E-state index in [0.717, 1.165) is 11.1 Å². The Balaban J connectivity index is 3.15. The molecule has 0 radical (unpaired) electrons. The van der Waals surface area contributed by atoms with Crippen LogP contribution in [-0.4, -0.2) is 24.0 Å². The monoisotopic (exact) mass is 265 g/mol. The first-order valence-corrected chi connectivity index (χ1v) is 6.16. The first-order valence-electron chi connectivity index (χ1n) is 6.16. The number of benzene rings is 1. The Morgan fingerprint density at radius 2 is 1.79 bits per heavy atom. The minimum absolute atomic E-state index is 0.357. The van der Waals surface area contributed by atoms with Crippen molar-refractivity contribution in [2.45, 2.75) is 32.7 Å². The predicted octanol–water partition coefficient (Wildman–Crippen LogP) is 2.55. The highest BCUT2D eigenvalue weighted by Gasteiger charge is 2.37. The molecule has 104 valence electrons. The molecule has 0 fully saturated rings. The van der Waals surface area contributed by atoms with E-state index in [2.05, 4.69) is 0 Å². The second-order valence-electron chi connectivity index (χ2n) is 4.77. The molecule has 0 aromatic heterocycles. The average molecular weight is 265 g/mol. The van der Waals surface area contributed by atoms with E-state index < -0.39 is 23.8 Å². The molecule has 5 heteroatoms. The predicted molar refractivity (Wildman–Crippen MR) is 71.6 cm³/mol. The van der Waals surface area contributed by atoms with Gasteiger partial charge >= 0.3 is 5.97 Å². The summed E-state index contributed by atoms with van der Waals surface area (Å²) in [7, 11) is 1.29. The van der Waals surface area contributed by atoms with Crippen LogP contribution in [0.2, 0.25) is 0 Å². The number of esters is 1. The number of nitro groups is 1. The number of nitrogens with zero attached hydrogens (tertiary/aromatic N) is 1. The van der Waals surface area contributed by atoms with Crippen molar-refractivity contribution in [3.63, 3.8) is 0 Å². The number of methoxy groups -OCH3 is 1. The Labute approximate surface area is 112 Å². The van der Waals surface area contributed by atoms with Crippen molar-refractivity contribution >= 4 is 5.97 Å². The highest BCUT2D eigenvalue weighted by molar-refractivity contribution is 5.73. The van der Waals surface area contributed by atoms with Crippen molar-refractivity contribution in [1.29, 1.82) is 0 Å². The molecule has 0 spiro atoms. The molecule has 19 heavy (non-hydrogen) atoms. The van der Waals surface area contributed by atoms with Crippen molar-refractivity contribution in [2.75, 3.05) is 7.11 Å². The van der Waals surface area contributed by atoms with E-state index in [0.29, 0.717) is 0 Å². The zero-order chi connectivity index (χ0) is 14.6. The van der Waals surface area contributed by atoms with Crippen molar-refractivity contribution in [3.05, 3.63) is 45.5 Å². The van der Waals surface area contributed by atoms with Gasteiger partial charge in [0.05, 0.1) is 18.9 Å². The van der Waals surface area contributed by atoms with Crippen LogP contribution in [0.5, 0.6) is 0 Å². The third-order valence-corrected chi connectivity index (χ3v) is 3.43.